The van der Waals surface area contributed by atoms with Gasteiger partial charge in [-0.05, 0) is 122 Å². The highest BCUT2D eigenvalue weighted by atomic mass is 31.2. The van der Waals surface area contributed by atoms with Gasteiger partial charge in [0.25, 0.3) is 0 Å². The fourth-order valence-electron chi connectivity index (χ4n) is 10.2. The van der Waals surface area contributed by atoms with E-state index in [4.69, 9.17) is 13.8 Å². The molecule has 0 aromatic carbocycles. The van der Waals surface area contributed by atoms with Gasteiger partial charge in [-0.25, -0.2) is 4.57 Å². The zero-order chi connectivity index (χ0) is 65.6. The summed E-state index contributed by atoms with van der Waals surface area (Å²) < 4.78 is 30.9. The van der Waals surface area contributed by atoms with Gasteiger partial charge in [0.2, 0.25) is 5.91 Å². The van der Waals surface area contributed by atoms with Crippen molar-refractivity contribution in [3.63, 3.8) is 0 Å². The first kappa shape index (κ1) is 86.2. The molecule has 0 radical (unpaired) electrons. The fourth-order valence-corrected chi connectivity index (χ4v) is 11.0. The van der Waals surface area contributed by atoms with E-state index in [1.54, 1.807) is 0 Å². The van der Waals surface area contributed by atoms with Crippen LogP contribution in [-0.4, -0.2) is 74.3 Å². The number of carbonyl (C=O) groups is 2. The largest absolute Gasteiger partial charge is 0.472 e. The molecule has 0 aliphatic rings. The first-order chi connectivity index (χ1) is 43.9. The third-order valence-electron chi connectivity index (χ3n) is 15.8. The minimum absolute atomic E-state index is 0.0326. The fraction of sp³-hybridized carbons (Fsp3) is 0.700. The number of phosphoric ester groups is 1. The van der Waals surface area contributed by atoms with Gasteiger partial charge in [-0.3, -0.25) is 18.6 Å². The smallest absolute Gasteiger partial charge is 0.456 e. The van der Waals surface area contributed by atoms with E-state index in [2.05, 4.69) is 148 Å². The van der Waals surface area contributed by atoms with Crippen LogP contribution in [0, 0.1) is 0 Å². The summed E-state index contributed by atoms with van der Waals surface area (Å²) >= 11 is 0. The van der Waals surface area contributed by atoms with Gasteiger partial charge in [0.1, 0.15) is 19.3 Å². The molecule has 0 heterocycles. The van der Waals surface area contributed by atoms with Gasteiger partial charge in [-0.15, -0.1) is 0 Å². The molecule has 0 aromatic rings. The molecule has 0 aromatic heterocycles. The summed E-state index contributed by atoms with van der Waals surface area (Å²) in [5.74, 6) is -0.517. The predicted molar refractivity (Wildman–Crippen MR) is 392 cm³/mol. The van der Waals surface area contributed by atoms with Crippen molar-refractivity contribution >= 4 is 19.7 Å². The van der Waals surface area contributed by atoms with Crippen molar-refractivity contribution in [2.45, 2.75) is 322 Å². The topological polar surface area (TPSA) is 111 Å². The average molecular weight is 1270 g/mol. The van der Waals surface area contributed by atoms with E-state index < -0.39 is 20.0 Å². The van der Waals surface area contributed by atoms with Crippen molar-refractivity contribution in [3.8, 4) is 0 Å². The molecule has 10 heteroatoms. The highest BCUT2D eigenvalue weighted by Gasteiger charge is 2.30. The summed E-state index contributed by atoms with van der Waals surface area (Å²) in [6.07, 6.45) is 97.5. The van der Waals surface area contributed by atoms with Crippen LogP contribution in [0.4, 0.5) is 0 Å². The number of likely N-dealkylation sites (N-methyl/N-ethyl adjacent to an activating group) is 1. The van der Waals surface area contributed by atoms with Crippen LogP contribution < -0.4 is 5.32 Å². The molecule has 516 valence electrons. The van der Waals surface area contributed by atoms with Gasteiger partial charge in [0, 0.05) is 12.8 Å². The number of amides is 1. The third-order valence-corrected chi connectivity index (χ3v) is 16.8. The summed E-state index contributed by atoms with van der Waals surface area (Å²) in [4.78, 5) is 38.0. The van der Waals surface area contributed by atoms with Crippen LogP contribution in [0.2, 0.25) is 0 Å². The number of hydrogen-bond donors (Lipinski definition) is 2. The van der Waals surface area contributed by atoms with Crippen molar-refractivity contribution in [2.75, 3.05) is 40.9 Å². The molecule has 0 saturated carbocycles. The average Bonchev–Trinajstić information content (AvgIpc) is 3.04. The number of phosphoric acid groups is 1. The maximum absolute atomic E-state index is 13.6. The lowest BCUT2D eigenvalue weighted by atomic mass is 10.0. The van der Waals surface area contributed by atoms with E-state index in [0.29, 0.717) is 17.4 Å². The number of rotatable bonds is 66. The summed E-state index contributed by atoms with van der Waals surface area (Å²) in [5, 5.41) is 3.07. The zero-order valence-electron chi connectivity index (χ0n) is 59.1. The van der Waals surface area contributed by atoms with E-state index in [0.717, 1.165) is 148 Å². The Hall–Kier alpha value is -3.85. The molecule has 0 spiro atoms. The molecule has 0 aliphatic heterocycles. The first-order valence-corrected chi connectivity index (χ1v) is 38.5. The van der Waals surface area contributed by atoms with Gasteiger partial charge < -0.3 is 19.4 Å². The minimum atomic E-state index is -4.47. The molecule has 0 saturated heterocycles. The number of nitrogens with zero attached hydrogens (tertiary/aromatic N) is 1. The van der Waals surface area contributed by atoms with Crippen LogP contribution in [0.25, 0.3) is 0 Å². The van der Waals surface area contributed by atoms with Gasteiger partial charge in [0.15, 0.2) is 0 Å². The molecule has 3 atom stereocenters. The molecular formula is C80H140N2O7P+. The summed E-state index contributed by atoms with van der Waals surface area (Å²) in [7, 11) is 1.48. The first-order valence-electron chi connectivity index (χ1n) is 37.0. The highest BCUT2D eigenvalue weighted by molar-refractivity contribution is 7.47. The summed E-state index contributed by atoms with van der Waals surface area (Å²) in [6, 6.07) is -0.863. The van der Waals surface area contributed by atoms with Crippen LogP contribution in [0.1, 0.15) is 310 Å². The van der Waals surface area contributed by atoms with Crippen LogP contribution in [0.3, 0.4) is 0 Å². The Bertz CT molecular complexity index is 2000. The van der Waals surface area contributed by atoms with Crippen LogP contribution in [0.5, 0.6) is 0 Å². The van der Waals surface area contributed by atoms with Gasteiger partial charge in [0.05, 0.1) is 33.8 Å². The molecular weight excluding hydrogens is 1130 g/mol. The molecule has 90 heavy (non-hydrogen) atoms. The Morgan fingerprint density at radius 3 is 1.07 bits per heavy atom. The van der Waals surface area contributed by atoms with Crippen LogP contribution >= 0.6 is 7.82 Å². The molecule has 9 nitrogen and oxygen atoms in total. The predicted octanol–water partition coefficient (Wildman–Crippen LogP) is 24.0. The van der Waals surface area contributed by atoms with Crippen LogP contribution in [0.15, 0.2) is 134 Å². The van der Waals surface area contributed by atoms with Gasteiger partial charge in [-0.2, -0.15) is 0 Å². The number of allylic oxidation sites excluding steroid dienone is 21. The van der Waals surface area contributed by atoms with Crippen molar-refractivity contribution in [1.29, 1.82) is 0 Å². The normalized spacial score (nSPS) is 14.3. The Labute approximate surface area is 556 Å². The number of nitrogens with one attached hydrogen (secondary N) is 1. The highest BCUT2D eigenvalue weighted by Crippen LogP contribution is 2.43. The maximum Gasteiger partial charge on any atom is 0.472 e. The molecule has 0 rings (SSSR count). The SMILES string of the molecule is CC/C=C\C/C=C\C/C=C\C/C=C\C/C=C\CCCCCCCCCCCCCC(=O)NC(COP(=O)(O)OCC[N+](C)(C)C)C(/C=C/CCCCCCCCCCCC)OC(=O)CCCCCCCCCCC/C=C\C/C=C\C/C=C\C/C=C\C/C=C\CC. The van der Waals surface area contributed by atoms with E-state index in [1.165, 1.54) is 128 Å². The molecule has 0 bridgehead atoms. The Balaban J connectivity index is 5.05. The second-order valence-electron chi connectivity index (χ2n) is 25.7. The Kier molecular flexibility index (Phi) is 65.1. The molecule has 0 fully saturated rings. The standard InChI is InChI=1S/C80H139N2O7P/c1-7-10-13-16-19-22-25-28-30-32-34-36-38-40-41-43-44-46-48-50-52-54-57-60-63-66-69-72-79(83)81-77(76-88-90(85,86)87-75-74-82(4,5)6)78(71-68-65-62-59-56-27-24-21-18-15-12-9-3)89-80(84)73-70-67-64-61-58-55-53-51-49-47-45-42-39-37-35-33-31-29-26-23-20-17-14-11-8-2/h10-11,13-14,19-20,22-23,28-31,34-37,40-42,45,68,71,77-78H,7-9,12,15-18,21,24-27,32-33,38-39,43-44,46-67,69-70,72-76H2,1-6H3,(H-,81,83,85,86)/p+1/b13-10-,14-11-,22-19-,23-20-,30-28-,31-29-,36-34-,37-35-,41-40-,45-42-,71-68+. The lowest BCUT2D eigenvalue weighted by molar-refractivity contribution is -0.870. The molecule has 3 unspecified atom stereocenters. The summed E-state index contributed by atoms with van der Waals surface area (Å²) in [5.41, 5.74) is 0. The Morgan fingerprint density at radius 2 is 0.711 bits per heavy atom. The van der Waals surface area contributed by atoms with Crippen molar-refractivity contribution in [2.24, 2.45) is 0 Å². The lowest BCUT2D eigenvalue weighted by Gasteiger charge is -2.27. The van der Waals surface area contributed by atoms with Crippen molar-refractivity contribution in [3.05, 3.63) is 134 Å². The van der Waals surface area contributed by atoms with Crippen molar-refractivity contribution < 1.29 is 37.3 Å². The number of unbranched alkanes of at least 4 members (excludes halogenated alkanes) is 30. The Morgan fingerprint density at radius 1 is 0.400 bits per heavy atom. The number of carbonyl (C=O) groups excluding carboxylic acids is 2. The number of hydrogen-bond acceptors (Lipinski definition) is 6. The van der Waals surface area contributed by atoms with E-state index in [9.17, 15) is 19.0 Å². The third kappa shape index (κ3) is 68.5. The molecule has 2 N–H and O–H groups in total. The minimum Gasteiger partial charge on any atom is -0.456 e. The monoisotopic (exact) mass is 1270 g/mol. The maximum atomic E-state index is 13.6. The number of esters is 1. The van der Waals surface area contributed by atoms with Crippen LogP contribution in [-0.2, 0) is 27.9 Å². The second kappa shape index (κ2) is 68.0. The lowest BCUT2D eigenvalue weighted by Crippen LogP contribution is -2.47. The molecule has 1 amide bonds. The van der Waals surface area contributed by atoms with Gasteiger partial charge >= 0.3 is 13.8 Å². The van der Waals surface area contributed by atoms with Gasteiger partial charge in [-0.1, -0.05) is 309 Å². The number of ether oxygens (including phenoxy) is 1. The van der Waals surface area contributed by atoms with E-state index in [1.807, 2.05) is 33.3 Å². The van der Waals surface area contributed by atoms with Crippen molar-refractivity contribution in [1.82, 2.24) is 5.32 Å². The number of quaternary nitrogens is 1. The quantitative estimate of drug-likeness (QED) is 0.0205. The van der Waals surface area contributed by atoms with E-state index >= 15 is 0 Å². The van der Waals surface area contributed by atoms with E-state index in [-0.39, 0.29) is 31.5 Å². The summed E-state index contributed by atoms with van der Waals surface area (Å²) in [6.45, 7) is 6.79. The zero-order valence-corrected chi connectivity index (χ0v) is 60.0. The second-order valence-corrected chi connectivity index (χ2v) is 27.2. The molecule has 0 aliphatic carbocycles.